The first kappa shape index (κ1) is 16.3. The van der Waals surface area contributed by atoms with E-state index in [0.717, 1.165) is 28.9 Å². The topological polar surface area (TPSA) is 80.2 Å². The number of carbonyl (C=O) groups is 2. The Hall–Kier alpha value is -2.60. The quantitative estimate of drug-likeness (QED) is 0.698. The molecule has 3 rings (SSSR count). The van der Waals surface area contributed by atoms with Crippen LogP contribution in [-0.4, -0.2) is 26.8 Å². The zero-order chi connectivity index (χ0) is 17.1. The molecule has 2 heterocycles. The summed E-state index contributed by atoms with van der Waals surface area (Å²) in [4.78, 5) is 30.4. The average molecular weight is 340 g/mol. The number of aromatic nitrogens is 2. The molecule has 1 N–H and O–H groups in total. The smallest absolute Gasteiger partial charge is 0.372 e. The first-order chi connectivity index (χ1) is 11.5. The minimum Gasteiger partial charge on any atom is -0.475 e. The number of hydrogen-bond donors (Lipinski definition) is 1. The standard InChI is InChI=1S/C18H16N2O3S/c1-11-20-15-8-12(5-7-17(15)24-11)2-3-13-4-6-14(19-10-13)9-16(21)18(22)23/h4-8,10H,2-3,9H2,1H3,(H,22,23). The lowest BCUT2D eigenvalue weighted by molar-refractivity contribution is -0.148. The van der Waals surface area contributed by atoms with Crippen LogP contribution in [0, 0.1) is 6.92 Å². The fourth-order valence-corrected chi connectivity index (χ4v) is 3.29. The van der Waals surface area contributed by atoms with Gasteiger partial charge in [0.15, 0.2) is 0 Å². The zero-order valence-corrected chi connectivity index (χ0v) is 14.0. The minimum atomic E-state index is -1.42. The van der Waals surface area contributed by atoms with Gasteiger partial charge in [-0.2, -0.15) is 0 Å². The van der Waals surface area contributed by atoms with Gasteiger partial charge in [0, 0.05) is 11.9 Å². The van der Waals surface area contributed by atoms with Crippen molar-refractivity contribution in [2.75, 3.05) is 0 Å². The van der Waals surface area contributed by atoms with Crippen molar-refractivity contribution in [3.05, 3.63) is 58.4 Å². The number of ketones is 1. The Morgan fingerprint density at radius 1 is 1.12 bits per heavy atom. The first-order valence-electron chi connectivity index (χ1n) is 7.57. The number of Topliss-reactive ketones (excluding diaryl/α,β-unsaturated/α-hetero) is 1. The number of carbonyl (C=O) groups excluding carboxylic acids is 1. The van der Waals surface area contributed by atoms with Crippen LogP contribution >= 0.6 is 11.3 Å². The molecule has 122 valence electrons. The van der Waals surface area contributed by atoms with Crippen molar-refractivity contribution >= 4 is 33.3 Å². The maximum atomic E-state index is 11.2. The maximum absolute atomic E-state index is 11.2. The van der Waals surface area contributed by atoms with Gasteiger partial charge in [0.05, 0.1) is 21.6 Å². The number of fused-ring (bicyclic) bond motifs is 1. The molecule has 0 saturated carbocycles. The molecule has 0 saturated heterocycles. The highest BCUT2D eigenvalue weighted by molar-refractivity contribution is 7.18. The number of thiazole rings is 1. The average Bonchev–Trinajstić information content (AvgIpc) is 2.93. The van der Waals surface area contributed by atoms with E-state index in [-0.39, 0.29) is 6.42 Å². The number of pyridine rings is 1. The largest absolute Gasteiger partial charge is 0.475 e. The third kappa shape index (κ3) is 3.83. The molecule has 0 bridgehead atoms. The monoisotopic (exact) mass is 340 g/mol. The van der Waals surface area contributed by atoms with Crippen LogP contribution in [0.4, 0.5) is 0 Å². The van der Waals surface area contributed by atoms with Crippen molar-refractivity contribution in [2.45, 2.75) is 26.2 Å². The fourth-order valence-electron chi connectivity index (χ4n) is 2.48. The van der Waals surface area contributed by atoms with Crippen molar-refractivity contribution in [1.29, 1.82) is 0 Å². The number of nitrogens with zero attached hydrogens (tertiary/aromatic N) is 2. The Balaban J connectivity index is 1.63. The van der Waals surface area contributed by atoms with Crippen molar-refractivity contribution in [3.63, 3.8) is 0 Å². The van der Waals surface area contributed by atoms with E-state index in [9.17, 15) is 9.59 Å². The van der Waals surface area contributed by atoms with Crippen LogP contribution in [0.1, 0.15) is 21.8 Å². The molecule has 3 aromatic rings. The summed E-state index contributed by atoms with van der Waals surface area (Å²) in [7, 11) is 0. The lowest BCUT2D eigenvalue weighted by Gasteiger charge is -2.03. The Bertz CT molecular complexity index is 900. The van der Waals surface area contributed by atoms with Crippen LogP contribution in [0.5, 0.6) is 0 Å². The molecule has 1 aromatic carbocycles. The number of rotatable bonds is 6. The third-order valence-corrected chi connectivity index (χ3v) is 4.68. The summed E-state index contributed by atoms with van der Waals surface area (Å²) < 4.78 is 1.20. The summed E-state index contributed by atoms with van der Waals surface area (Å²) >= 11 is 1.69. The Kier molecular flexibility index (Phi) is 4.66. The zero-order valence-electron chi connectivity index (χ0n) is 13.2. The van der Waals surface area contributed by atoms with Crippen LogP contribution in [0.15, 0.2) is 36.5 Å². The van der Waals surface area contributed by atoms with E-state index in [1.807, 2.05) is 13.0 Å². The van der Waals surface area contributed by atoms with E-state index in [1.165, 1.54) is 10.3 Å². The van der Waals surface area contributed by atoms with Gasteiger partial charge in [0.2, 0.25) is 5.78 Å². The van der Waals surface area contributed by atoms with Crippen molar-refractivity contribution < 1.29 is 14.7 Å². The highest BCUT2D eigenvalue weighted by Gasteiger charge is 2.12. The van der Waals surface area contributed by atoms with E-state index < -0.39 is 11.8 Å². The molecule has 5 nitrogen and oxygen atoms in total. The van der Waals surface area contributed by atoms with Crippen molar-refractivity contribution in [1.82, 2.24) is 9.97 Å². The molecular weight excluding hydrogens is 324 g/mol. The van der Waals surface area contributed by atoms with Gasteiger partial charge in [0.1, 0.15) is 0 Å². The van der Waals surface area contributed by atoms with Crippen molar-refractivity contribution in [3.8, 4) is 0 Å². The first-order valence-corrected chi connectivity index (χ1v) is 8.39. The van der Waals surface area contributed by atoms with Gasteiger partial charge < -0.3 is 5.11 Å². The molecule has 0 fully saturated rings. The molecule has 0 aliphatic heterocycles. The highest BCUT2D eigenvalue weighted by atomic mass is 32.1. The van der Waals surface area contributed by atoms with E-state index in [2.05, 4.69) is 28.2 Å². The van der Waals surface area contributed by atoms with Crippen LogP contribution < -0.4 is 0 Å². The highest BCUT2D eigenvalue weighted by Crippen LogP contribution is 2.23. The van der Waals surface area contributed by atoms with Crippen LogP contribution in [-0.2, 0) is 28.9 Å². The van der Waals surface area contributed by atoms with Crippen LogP contribution in [0.3, 0.4) is 0 Å². The van der Waals surface area contributed by atoms with Crippen LogP contribution in [0.25, 0.3) is 10.2 Å². The minimum absolute atomic E-state index is 0.171. The summed E-state index contributed by atoms with van der Waals surface area (Å²) in [5.41, 5.74) is 3.79. The van der Waals surface area contributed by atoms with Gasteiger partial charge in [-0.25, -0.2) is 9.78 Å². The SMILES string of the molecule is Cc1nc2cc(CCc3ccc(CC(=O)C(=O)O)nc3)ccc2s1. The molecule has 2 aromatic heterocycles. The molecule has 0 aliphatic carbocycles. The second-order valence-electron chi connectivity index (χ2n) is 5.60. The van der Waals surface area contributed by atoms with Gasteiger partial charge in [-0.05, 0) is 49.1 Å². The summed E-state index contributed by atoms with van der Waals surface area (Å²) in [6, 6.07) is 9.94. The molecule has 0 amide bonds. The Morgan fingerprint density at radius 2 is 1.88 bits per heavy atom. The lowest BCUT2D eigenvalue weighted by atomic mass is 10.0. The molecule has 0 atom stereocenters. The summed E-state index contributed by atoms with van der Waals surface area (Å²) in [6.45, 7) is 2.01. The number of carboxylic acids is 1. The number of aliphatic carboxylic acids is 1. The van der Waals surface area contributed by atoms with Gasteiger partial charge in [-0.15, -0.1) is 11.3 Å². The van der Waals surface area contributed by atoms with Crippen molar-refractivity contribution in [2.24, 2.45) is 0 Å². The van der Waals surface area contributed by atoms with E-state index in [1.54, 1.807) is 23.6 Å². The third-order valence-electron chi connectivity index (χ3n) is 3.73. The predicted octanol–water partition coefficient (Wildman–Crippen LogP) is 2.98. The summed E-state index contributed by atoms with van der Waals surface area (Å²) in [5, 5.41) is 9.67. The summed E-state index contributed by atoms with van der Waals surface area (Å²) in [5.74, 6) is -2.27. The molecule has 24 heavy (non-hydrogen) atoms. The molecular formula is C18H16N2O3S. The number of benzene rings is 1. The normalized spacial score (nSPS) is 10.9. The maximum Gasteiger partial charge on any atom is 0.372 e. The molecule has 0 aliphatic rings. The number of carboxylic acid groups (broad SMARTS) is 1. The van der Waals surface area contributed by atoms with Gasteiger partial charge >= 0.3 is 5.97 Å². The summed E-state index contributed by atoms with van der Waals surface area (Å²) in [6.07, 6.45) is 3.24. The Labute approximate surface area is 143 Å². The second kappa shape index (κ2) is 6.88. The molecule has 0 radical (unpaired) electrons. The molecule has 6 heteroatoms. The van der Waals surface area contributed by atoms with E-state index >= 15 is 0 Å². The van der Waals surface area contributed by atoms with E-state index in [0.29, 0.717) is 5.69 Å². The van der Waals surface area contributed by atoms with Crippen LogP contribution in [0.2, 0.25) is 0 Å². The Morgan fingerprint density at radius 3 is 2.58 bits per heavy atom. The van der Waals surface area contributed by atoms with E-state index in [4.69, 9.17) is 5.11 Å². The lowest BCUT2D eigenvalue weighted by Crippen LogP contribution is -2.15. The fraction of sp³-hybridized carbons (Fsp3) is 0.222. The second-order valence-corrected chi connectivity index (χ2v) is 6.83. The number of aryl methyl sites for hydroxylation is 3. The predicted molar refractivity (Wildman–Crippen MR) is 92.3 cm³/mol. The van der Waals surface area contributed by atoms with Gasteiger partial charge in [0.25, 0.3) is 0 Å². The molecule has 0 spiro atoms. The van der Waals surface area contributed by atoms with Gasteiger partial charge in [-0.3, -0.25) is 9.78 Å². The number of hydrogen-bond acceptors (Lipinski definition) is 5. The molecule has 0 unspecified atom stereocenters. The van der Waals surface area contributed by atoms with Gasteiger partial charge in [-0.1, -0.05) is 12.1 Å².